The number of nitrogens with zero attached hydrogens (tertiary/aromatic N) is 2. The van der Waals surface area contributed by atoms with Crippen molar-refractivity contribution in [3.8, 4) is 0 Å². The van der Waals surface area contributed by atoms with Gasteiger partial charge in [-0.15, -0.1) is 0 Å². The first-order valence-electron chi connectivity index (χ1n) is 8.91. The first-order chi connectivity index (χ1) is 11.6. The van der Waals surface area contributed by atoms with E-state index in [1.165, 1.54) is 16.3 Å². The normalized spacial score (nSPS) is 16.2. The van der Waals surface area contributed by atoms with Crippen LogP contribution in [0.15, 0.2) is 42.5 Å². The predicted molar refractivity (Wildman–Crippen MR) is 99.2 cm³/mol. The molecular weight excluding hydrogens is 298 g/mol. The highest BCUT2D eigenvalue weighted by Crippen LogP contribution is 2.24. The van der Waals surface area contributed by atoms with E-state index in [-0.39, 0.29) is 12.1 Å². The summed E-state index contributed by atoms with van der Waals surface area (Å²) in [5, 5.41) is 5.57. The van der Waals surface area contributed by atoms with Crippen molar-refractivity contribution in [2.75, 3.05) is 26.2 Å². The highest BCUT2D eigenvalue weighted by atomic mass is 16.2. The van der Waals surface area contributed by atoms with Crippen LogP contribution in [0.2, 0.25) is 0 Å². The van der Waals surface area contributed by atoms with Crippen LogP contribution >= 0.6 is 0 Å². The van der Waals surface area contributed by atoms with Crippen molar-refractivity contribution < 1.29 is 4.79 Å². The van der Waals surface area contributed by atoms with Gasteiger partial charge in [0, 0.05) is 19.1 Å². The van der Waals surface area contributed by atoms with E-state index >= 15 is 0 Å². The molecule has 2 aromatic carbocycles. The molecule has 2 amide bonds. The van der Waals surface area contributed by atoms with Crippen LogP contribution in [0.4, 0.5) is 4.79 Å². The molecule has 4 heteroatoms. The van der Waals surface area contributed by atoms with Crippen molar-refractivity contribution >= 4 is 16.8 Å². The van der Waals surface area contributed by atoms with Gasteiger partial charge >= 0.3 is 6.03 Å². The number of likely N-dealkylation sites (N-methyl/N-ethyl adjacent to an activating group) is 1. The Bertz CT molecular complexity index is 700. The predicted octanol–water partition coefficient (Wildman–Crippen LogP) is 3.64. The van der Waals surface area contributed by atoms with Crippen LogP contribution in [0, 0.1) is 0 Å². The number of amides is 2. The lowest BCUT2D eigenvalue weighted by molar-refractivity contribution is 0.0623. The summed E-state index contributed by atoms with van der Waals surface area (Å²) < 4.78 is 0. The Morgan fingerprint density at radius 3 is 2.54 bits per heavy atom. The van der Waals surface area contributed by atoms with Crippen molar-refractivity contribution in [3.63, 3.8) is 0 Å². The van der Waals surface area contributed by atoms with Crippen LogP contribution in [0.1, 0.15) is 32.4 Å². The van der Waals surface area contributed by atoms with Crippen LogP contribution in [-0.4, -0.2) is 48.1 Å². The standard InChI is InChI=1S/C20H27N3O/c1-4-22(5-2)17-13-23(14-17)20(24)21-15(3)18-12-8-10-16-9-6-7-11-19(16)18/h6-12,15,17H,4-5,13-14H2,1-3H3,(H,21,24). The highest BCUT2D eigenvalue weighted by Gasteiger charge is 2.34. The number of carbonyl (C=O) groups excluding carboxylic acids is 1. The summed E-state index contributed by atoms with van der Waals surface area (Å²) in [6.07, 6.45) is 0. The average molecular weight is 325 g/mol. The van der Waals surface area contributed by atoms with Gasteiger partial charge in [-0.05, 0) is 36.3 Å². The second-order valence-electron chi connectivity index (χ2n) is 6.52. The summed E-state index contributed by atoms with van der Waals surface area (Å²) in [5.41, 5.74) is 1.17. The number of nitrogens with one attached hydrogen (secondary N) is 1. The summed E-state index contributed by atoms with van der Waals surface area (Å²) in [7, 11) is 0. The van der Waals surface area contributed by atoms with Crippen LogP contribution in [0.25, 0.3) is 10.8 Å². The molecule has 1 N–H and O–H groups in total. The summed E-state index contributed by atoms with van der Waals surface area (Å²) in [5.74, 6) is 0. The molecule has 1 atom stereocenters. The van der Waals surface area contributed by atoms with Gasteiger partial charge in [-0.2, -0.15) is 0 Å². The molecule has 1 aliphatic rings. The Hall–Kier alpha value is -2.07. The minimum atomic E-state index is -0.00361. The SMILES string of the molecule is CCN(CC)C1CN(C(=O)NC(C)c2cccc3ccccc23)C1. The topological polar surface area (TPSA) is 35.6 Å². The third-order valence-corrected chi connectivity index (χ3v) is 5.11. The summed E-state index contributed by atoms with van der Waals surface area (Å²) in [6, 6.07) is 15.1. The molecular formula is C20H27N3O. The molecule has 1 heterocycles. The van der Waals surface area contributed by atoms with Gasteiger partial charge in [-0.1, -0.05) is 56.3 Å². The Labute approximate surface area is 144 Å². The van der Waals surface area contributed by atoms with E-state index in [4.69, 9.17) is 0 Å². The third kappa shape index (κ3) is 3.24. The second-order valence-corrected chi connectivity index (χ2v) is 6.52. The van der Waals surface area contributed by atoms with E-state index < -0.39 is 0 Å². The number of urea groups is 1. The molecule has 24 heavy (non-hydrogen) atoms. The summed E-state index contributed by atoms with van der Waals surface area (Å²) in [4.78, 5) is 16.8. The van der Waals surface area contributed by atoms with E-state index in [0.717, 1.165) is 26.2 Å². The first-order valence-corrected chi connectivity index (χ1v) is 8.91. The van der Waals surface area contributed by atoms with Gasteiger partial charge in [0.15, 0.2) is 0 Å². The summed E-state index contributed by atoms with van der Waals surface area (Å²) in [6.45, 7) is 10.2. The number of hydrogen-bond acceptors (Lipinski definition) is 2. The zero-order valence-electron chi connectivity index (χ0n) is 14.8. The minimum absolute atomic E-state index is 0.00361. The van der Waals surface area contributed by atoms with E-state index in [0.29, 0.717) is 6.04 Å². The Morgan fingerprint density at radius 2 is 1.83 bits per heavy atom. The molecule has 1 aliphatic heterocycles. The van der Waals surface area contributed by atoms with Gasteiger partial charge in [0.25, 0.3) is 0 Å². The quantitative estimate of drug-likeness (QED) is 0.911. The molecule has 1 unspecified atom stereocenters. The maximum atomic E-state index is 12.5. The van der Waals surface area contributed by atoms with Gasteiger partial charge in [0.1, 0.15) is 0 Å². The van der Waals surface area contributed by atoms with E-state index in [1.807, 2.05) is 17.0 Å². The van der Waals surface area contributed by atoms with Crippen molar-refractivity contribution in [1.82, 2.24) is 15.1 Å². The molecule has 2 aromatic rings. The molecule has 3 rings (SSSR count). The zero-order valence-corrected chi connectivity index (χ0v) is 14.8. The van der Waals surface area contributed by atoms with Crippen LogP contribution < -0.4 is 5.32 Å². The number of rotatable bonds is 5. The molecule has 0 bridgehead atoms. The van der Waals surface area contributed by atoms with Gasteiger partial charge in [0.2, 0.25) is 0 Å². The summed E-state index contributed by atoms with van der Waals surface area (Å²) >= 11 is 0. The highest BCUT2D eigenvalue weighted by molar-refractivity contribution is 5.86. The fourth-order valence-electron chi connectivity index (χ4n) is 3.57. The molecule has 0 aliphatic carbocycles. The van der Waals surface area contributed by atoms with Crippen LogP contribution in [-0.2, 0) is 0 Å². The van der Waals surface area contributed by atoms with Crippen molar-refractivity contribution in [3.05, 3.63) is 48.0 Å². The van der Waals surface area contributed by atoms with Gasteiger partial charge in [-0.3, -0.25) is 4.90 Å². The Morgan fingerprint density at radius 1 is 1.17 bits per heavy atom. The molecule has 0 aromatic heterocycles. The monoisotopic (exact) mass is 325 g/mol. The molecule has 0 saturated carbocycles. The number of benzene rings is 2. The van der Waals surface area contributed by atoms with Crippen molar-refractivity contribution in [2.45, 2.75) is 32.9 Å². The van der Waals surface area contributed by atoms with Gasteiger partial charge < -0.3 is 10.2 Å². The van der Waals surface area contributed by atoms with Crippen molar-refractivity contribution in [2.24, 2.45) is 0 Å². The lowest BCUT2D eigenvalue weighted by Crippen LogP contribution is -2.63. The lowest BCUT2D eigenvalue weighted by atomic mass is 9.99. The Balaban J connectivity index is 1.63. The van der Waals surface area contributed by atoms with Crippen LogP contribution in [0.5, 0.6) is 0 Å². The van der Waals surface area contributed by atoms with E-state index in [1.54, 1.807) is 0 Å². The maximum Gasteiger partial charge on any atom is 0.317 e. The number of carbonyl (C=O) groups is 1. The Kier molecular flexibility index (Phi) is 5.05. The molecule has 4 nitrogen and oxygen atoms in total. The number of hydrogen-bond donors (Lipinski definition) is 1. The van der Waals surface area contributed by atoms with E-state index in [9.17, 15) is 4.79 Å². The second kappa shape index (κ2) is 7.22. The third-order valence-electron chi connectivity index (χ3n) is 5.11. The van der Waals surface area contributed by atoms with Gasteiger partial charge in [0.05, 0.1) is 6.04 Å². The zero-order chi connectivity index (χ0) is 17.1. The molecule has 128 valence electrons. The fourth-order valence-corrected chi connectivity index (χ4v) is 3.57. The number of fused-ring (bicyclic) bond motifs is 1. The lowest BCUT2D eigenvalue weighted by Gasteiger charge is -2.45. The van der Waals surface area contributed by atoms with Gasteiger partial charge in [-0.25, -0.2) is 4.79 Å². The largest absolute Gasteiger partial charge is 0.331 e. The average Bonchev–Trinajstić information content (AvgIpc) is 2.56. The maximum absolute atomic E-state index is 12.5. The van der Waals surface area contributed by atoms with Crippen LogP contribution in [0.3, 0.4) is 0 Å². The molecule has 0 spiro atoms. The number of likely N-dealkylation sites (tertiary alicyclic amines) is 1. The molecule has 1 fully saturated rings. The first kappa shape index (κ1) is 16.8. The van der Waals surface area contributed by atoms with Crippen molar-refractivity contribution in [1.29, 1.82) is 0 Å². The minimum Gasteiger partial charge on any atom is -0.331 e. The van der Waals surface area contributed by atoms with E-state index in [2.05, 4.69) is 61.3 Å². The molecule has 1 saturated heterocycles. The fraction of sp³-hybridized carbons (Fsp3) is 0.450. The molecule has 0 radical (unpaired) electrons. The smallest absolute Gasteiger partial charge is 0.317 e.